The van der Waals surface area contributed by atoms with Crippen molar-refractivity contribution in [2.45, 2.75) is 71.6 Å². The summed E-state index contributed by atoms with van der Waals surface area (Å²) < 4.78 is 0. The molecule has 0 aromatic heterocycles. The molecule has 0 aliphatic heterocycles. The quantitative estimate of drug-likeness (QED) is 0.418. The minimum atomic E-state index is 1.23. The molecule has 0 unspecified atom stereocenters. The fraction of sp³-hybridized carbons (Fsp3) is 0.579. The SMILES string of the molecule is CCCCCCCCCC/C=C/c1ccc(C)cc1. The van der Waals surface area contributed by atoms with Crippen molar-refractivity contribution in [2.24, 2.45) is 0 Å². The fourth-order valence-electron chi connectivity index (χ4n) is 2.29. The Morgan fingerprint density at radius 1 is 0.789 bits per heavy atom. The van der Waals surface area contributed by atoms with Gasteiger partial charge in [0, 0.05) is 0 Å². The summed E-state index contributed by atoms with van der Waals surface area (Å²) in [5.74, 6) is 0. The van der Waals surface area contributed by atoms with Gasteiger partial charge in [-0.25, -0.2) is 0 Å². The van der Waals surface area contributed by atoms with Crippen LogP contribution in [0.25, 0.3) is 6.08 Å². The molecule has 106 valence electrons. The van der Waals surface area contributed by atoms with E-state index in [0.29, 0.717) is 0 Å². The minimum Gasteiger partial charge on any atom is -0.0839 e. The third-order valence-electron chi connectivity index (χ3n) is 3.61. The molecule has 0 atom stereocenters. The van der Waals surface area contributed by atoms with Crippen LogP contribution in [0.2, 0.25) is 0 Å². The third-order valence-corrected chi connectivity index (χ3v) is 3.61. The average molecular weight is 258 g/mol. The van der Waals surface area contributed by atoms with Crippen LogP contribution < -0.4 is 0 Å². The molecule has 0 N–H and O–H groups in total. The van der Waals surface area contributed by atoms with Crippen LogP contribution in [-0.2, 0) is 0 Å². The zero-order valence-corrected chi connectivity index (χ0v) is 12.8. The minimum absolute atomic E-state index is 1.23. The van der Waals surface area contributed by atoms with Gasteiger partial charge in [0.2, 0.25) is 0 Å². The van der Waals surface area contributed by atoms with Gasteiger partial charge in [-0.3, -0.25) is 0 Å². The van der Waals surface area contributed by atoms with E-state index in [1.54, 1.807) is 0 Å². The highest BCUT2D eigenvalue weighted by atomic mass is 14.0. The van der Waals surface area contributed by atoms with Crippen LogP contribution in [0, 0.1) is 6.92 Å². The van der Waals surface area contributed by atoms with Crippen LogP contribution in [-0.4, -0.2) is 0 Å². The summed E-state index contributed by atoms with van der Waals surface area (Å²) in [6.07, 6.45) is 17.0. The highest BCUT2D eigenvalue weighted by Gasteiger charge is 1.91. The van der Waals surface area contributed by atoms with Crippen LogP contribution in [0.15, 0.2) is 30.3 Å². The van der Waals surface area contributed by atoms with Crippen molar-refractivity contribution in [1.29, 1.82) is 0 Å². The largest absolute Gasteiger partial charge is 0.0839 e. The molecular formula is C19H30. The number of hydrogen-bond donors (Lipinski definition) is 0. The molecule has 19 heavy (non-hydrogen) atoms. The zero-order valence-electron chi connectivity index (χ0n) is 12.8. The van der Waals surface area contributed by atoms with Gasteiger partial charge in [-0.15, -0.1) is 0 Å². The second-order valence-corrected chi connectivity index (χ2v) is 5.58. The van der Waals surface area contributed by atoms with E-state index in [2.05, 4.69) is 50.3 Å². The summed E-state index contributed by atoms with van der Waals surface area (Å²) in [6.45, 7) is 4.41. The second-order valence-electron chi connectivity index (χ2n) is 5.58. The Morgan fingerprint density at radius 2 is 1.37 bits per heavy atom. The van der Waals surface area contributed by atoms with Gasteiger partial charge in [-0.1, -0.05) is 93.9 Å². The molecule has 0 saturated carbocycles. The maximum absolute atomic E-state index is 2.32. The first kappa shape index (κ1) is 16.0. The zero-order chi connectivity index (χ0) is 13.8. The van der Waals surface area contributed by atoms with Gasteiger partial charge in [0.1, 0.15) is 0 Å². The van der Waals surface area contributed by atoms with Gasteiger partial charge < -0.3 is 0 Å². The summed E-state index contributed by atoms with van der Waals surface area (Å²) in [5.41, 5.74) is 2.66. The molecule has 0 fully saturated rings. The van der Waals surface area contributed by atoms with Gasteiger partial charge in [0.05, 0.1) is 0 Å². The molecule has 0 heterocycles. The van der Waals surface area contributed by atoms with Crippen molar-refractivity contribution >= 4 is 6.08 Å². The highest BCUT2D eigenvalue weighted by Crippen LogP contribution is 2.11. The van der Waals surface area contributed by atoms with E-state index < -0.39 is 0 Å². The van der Waals surface area contributed by atoms with Gasteiger partial charge in [0.15, 0.2) is 0 Å². The highest BCUT2D eigenvalue weighted by molar-refractivity contribution is 5.49. The molecule has 0 saturated heterocycles. The third kappa shape index (κ3) is 8.64. The Morgan fingerprint density at radius 3 is 2.00 bits per heavy atom. The summed E-state index contributed by atoms with van der Waals surface area (Å²) >= 11 is 0. The van der Waals surface area contributed by atoms with Gasteiger partial charge in [-0.05, 0) is 25.3 Å². The summed E-state index contributed by atoms with van der Waals surface area (Å²) in [5, 5.41) is 0. The number of benzene rings is 1. The number of allylic oxidation sites excluding steroid dienone is 1. The van der Waals surface area contributed by atoms with E-state index in [4.69, 9.17) is 0 Å². The van der Waals surface area contributed by atoms with Crippen molar-refractivity contribution < 1.29 is 0 Å². The predicted octanol–water partition coefficient (Wildman–Crippen LogP) is 6.54. The molecule has 0 bridgehead atoms. The maximum atomic E-state index is 2.32. The first-order chi connectivity index (χ1) is 9.33. The molecule has 0 aliphatic carbocycles. The topological polar surface area (TPSA) is 0 Å². The molecule has 1 aromatic carbocycles. The molecular weight excluding hydrogens is 228 g/mol. The number of rotatable bonds is 10. The summed E-state index contributed by atoms with van der Waals surface area (Å²) in [6, 6.07) is 8.74. The first-order valence-corrected chi connectivity index (χ1v) is 8.06. The molecule has 0 amide bonds. The molecule has 0 heteroatoms. The van der Waals surface area contributed by atoms with Gasteiger partial charge in [-0.2, -0.15) is 0 Å². The monoisotopic (exact) mass is 258 g/mol. The molecule has 1 aromatic rings. The van der Waals surface area contributed by atoms with Crippen molar-refractivity contribution in [3.8, 4) is 0 Å². The van der Waals surface area contributed by atoms with Crippen LogP contribution in [0.1, 0.15) is 75.8 Å². The lowest BCUT2D eigenvalue weighted by atomic mass is 10.1. The maximum Gasteiger partial charge on any atom is -0.0260 e. The molecule has 0 nitrogen and oxygen atoms in total. The van der Waals surface area contributed by atoms with Crippen molar-refractivity contribution in [1.82, 2.24) is 0 Å². The summed E-state index contributed by atoms with van der Waals surface area (Å²) in [4.78, 5) is 0. The standard InChI is InChI=1S/C19H30/c1-3-4-5-6-7-8-9-10-11-12-13-19-16-14-18(2)15-17-19/h12-17H,3-11H2,1-2H3/b13-12+. The molecule has 1 rings (SSSR count). The number of hydrogen-bond acceptors (Lipinski definition) is 0. The predicted molar refractivity (Wildman–Crippen MR) is 87.4 cm³/mol. The lowest BCUT2D eigenvalue weighted by Gasteiger charge is -2.00. The Balaban J connectivity index is 1.97. The lowest BCUT2D eigenvalue weighted by molar-refractivity contribution is 0.578. The Hall–Kier alpha value is -1.04. The smallest absolute Gasteiger partial charge is 0.0260 e. The number of aryl methyl sites for hydroxylation is 1. The van der Waals surface area contributed by atoms with Gasteiger partial charge >= 0.3 is 0 Å². The van der Waals surface area contributed by atoms with Gasteiger partial charge in [0.25, 0.3) is 0 Å². The van der Waals surface area contributed by atoms with E-state index in [0.717, 1.165) is 0 Å². The van der Waals surface area contributed by atoms with E-state index in [9.17, 15) is 0 Å². The first-order valence-electron chi connectivity index (χ1n) is 8.06. The van der Waals surface area contributed by atoms with Crippen LogP contribution in [0.4, 0.5) is 0 Å². The Kier molecular flexibility index (Phi) is 9.14. The average Bonchev–Trinajstić information content (AvgIpc) is 2.43. The molecule has 0 radical (unpaired) electrons. The number of unbranched alkanes of at least 4 members (excludes halogenated alkanes) is 8. The Labute approximate surface area is 119 Å². The van der Waals surface area contributed by atoms with E-state index in [1.807, 2.05) is 0 Å². The van der Waals surface area contributed by atoms with E-state index >= 15 is 0 Å². The second kappa shape index (κ2) is 10.8. The molecule has 0 aliphatic rings. The Bertz CT molecular complexity index is 332. The fourth-order valence-corrected chi connectivity index (χ4v) is 2.29. The van der Waals surface area contributed by atoms with Crippen LogP contribution >= 0.6 is 0 Å². The van der Waals surface area contributed by atoms with Crippen LogP contribution in [0.3, 0.4) is 0 Å². The van der Waals surface area contributed by atoms with Crippen LogP contribution in [0.5, 0.6) is 0 Å². The normalized spacial score (nSPS) is 11.3. The van der Waals surface area contributed by atoms with E-state index in [-0.39, 0.29) is 0 Å². The summed E-state index contributed by atoms with van der Waals surface area (Å²) in [7, 11) is 0. The van der Waals surface area contributed by atoms with E-state index in [1.165, 1.54) is 68.9 Å². The molecule has 0 spiro atoms. The van der Waals surface area contributed by atoms with Crippen molar-refractivity contribution in [3.05, 3.63) is 41.5 Å². The lowest BCUT2D eigenvalue weighted by Crippen LogP contribution is -1.80. The van der Waals surface area contributed by atoms with Crippen molar-refractivity contribution in [3.63, 3.8) is 0 Å². The van der Waals surface area contributed by atoms with Crippen molar-refractivity contribution in [2.75, 3.05) is 0 Å².